The smallest absolute Gasteiger partial charge is 0.270 e. The average molecular weight is 619 g/mol. The fourth-order valence-corrected chi connectivity index (χ4v) is 4.73. The molecule has 1 saturated heterocycles. The van der Waals surface area contributed by atoms with Gasteiger partial charge >= 0.3 is 0 Å². The van der Waals surface area contributed by atoms with Crippen LogP contribution in [0.1, 0.15) is 16.7 Å². The van der Waals surface area contributed by atoms with Crippen LogP contribution in [-0.4, -0.2) is 24.0 Å². The van der Waals surface area contributed by atoms with Crippen molar-refractivity contribution in [3.63, 3.8) is 0 Å². The molecule has 6 nitrogen and oxygen atoms in total. The highest BCUT2D eigenvalue weighted by Gasteiger charge is 2.34. The highest BCUT2D eigenvalue weighted by molar-refractivity contribution is 14.1. The highest BCUT2D eigenvalue weighted by Crippen LogP contribution is 2.36. The number of carbonyl (C=O) groups excluding carboxylic acids is 2. The van der Waals surface area contributed by atoms with Gasteiger partial charge in [-0.25, -0.2) is 0 Å². The molecular weight excluding hydrogens is 599 g/mol. The van der Waals surface area contributed by atoms with E-state index in [1.54, 1.807) is 24.3 Å². The number of hydrogen-bond donors (Lipinski definition) is 1. The number of hydrogen-bond acceptors (Lipinski definition) is 5. The third-order valence-corrected chi connectivity index (χ3v) is 6.74. The Morgan fingerprint density at radius 3 is 2.51 bits per heavy atom. The van der Waals surface area contributed by atoms with Gasteiger partial charge in [0, 0.05) is 10.6 Å². The molecule has 0 spiro atoms. The molecule has 2 amide bonds. The second-order valence-corrected chi connectivity index (χ2v) is 9.66. The molecule has 3 aromatic rings. The van der Waals surface area contributed by atoms with Gasteiger partial charge in [0.25, 0.3) is 11.8 Å². The lowest BCUT2D eigenvalue weighted by Crippen LogP contribution is -2.54. The minimum atomic E-state index is -0.559. The summed E-state index contributed by atoms with van der Waals surface area (Å²) in [7, 11) is 1.53. The molecule has 0 unspecified atom stereocenters. The van der Waals surface area contributed by atoms with Crippen molar-refractivity contribution in [1.29, 1.82) is 0 Å². The largest absolute Gasteiger partial charge is 0.493 e. The Labute approximate surface area is 227 Å². The summed E-state index contributed by atoms with van der Waals surface area (Å²) in [5.41, 5.74) is 3.03. The predicted molar refractivity (Wildman–Crippen MR) is 149 cm³/mol. The van der Waals surface area contributed by atoms with Gasteiger partial charge in [-0.2, -0.15) is 0 Å². The van der Waals surface area contributed by atoms with Crippen molar-refractivity contribution in [2.75, 3.05) is 12.0 Å². The number of ether oxygens (including phenoxy) is 2. The lowest BCUT2D eigenvalue weighted by atomic mass is 10.1. The lowest BCUT2D eigenvalue weighted by molar-refractivity contribution is -0.122. The van der Waals surface area contributed by atoms with E-state index in [0.29, 0.717) is 27.8 Å². The molecule has 0 saturated carbocycles. The molecule has 178 valence electrons. The van der Waals surface area contributed by atoms with Crippen molar-refractivity contribution in [1.82, 2.24) is 5.32 Å². The molecule has 9 heteroatoms. The molecular formula is C26H20ClIN2O4S. The van der Waals surface area contributed by atoms with Crippen molar-refractivity contribution < 1.29 is 19.1 Å². The van der Waals surface area contributed by atoms with Gasteiger partial charge in [-0.05, 0) is 83.7 Å². The van der Waals surface area contributed by atoms with Crippen LogP contribution < -0.4 is 19.7 Å². The van der Waals surface area contributed by atoms with Crippen LogP contribution in [0, 0.1) is 10.5 Å². The Kier molecular flexibility index (Phi) is 7.73. The number of benzene rings is 3. The predicted octanol–water partition coefficient (Wildman–Crippen LogP) is 5.67. The Morgan fingerprint density at radius 2 is 1.83 bits per heavy atom. The quantitative estimate of drug-likeness (QED) is 0.167. The summed E-state index contributed by atoms with van der Waals surface area (Å²) in [6.45, 7) is 2.21. The molecule has 4 rings (SSSR count). The van der Waals surface area contributed by atoms with Crippen LogP contribution >= 0.6 is 46.4 Å². The summed E-state index contributed by atoms with van der Waals surface area (Å²) in [5.74, 6) is -0.0607. The van der Waals surface area contributed by atoms with Crippen LogP contribution in [0.2, 0.25) is 5.02 Å². The third kappa shape index (κ3) is 5.50. The van der Waals surface area contributed by atoms with Gasteiger partial charge < -0.3 is 9.47 Å². The zero-order valence-corrected chi connectivity index (χ0v) is 22.5. The number of rotatable bonds is 6. The lowest BCUT2D eigenvalue weighted by Gasteiger charge is -2.29. The standard InChI is InChI=1S/C26H20ClIN2O4S/c1-15-7-9-18(10-8-15)30-25(32)19(24(31)29-26(30)35)11-16-12-21(28)23(22(13-16)33-2)34-14-17-5-3-4-6-20(17)27/h3-13H,14H2,1-2H3,(H,29,31,35)/b19-11+. The summed E-state index contributed by atoms with van der Waals surface area (Å²) >= 11 is 13.6. The molecule has 1 heterocycles. The normalized spacial score (nSPS) is 14.8. The number of carbonyl (C=O) groups is 2. The SMILES string of the molecule is COc1cc(/C=C2\C(=O)NC(=S)N(c3ccc(C)cc3)C2=O)cc(I)c1OCc1ccccc1Cl. The zero-order chi connectivity index (χ0) is 25.1. The van der Waals surface area contributed by atoms with E-state index < -0.39 is 11.8 Å². The Balaban J connectivity index is 1.64. The Bertz CT molecular complexity index is 1360. The number of amides is 2. The number of methoxy groups -OCH3 is 1. The topological polar surface area (TPSA) is 67.9 Å². The van der Waals surface area contributed by atoms with Crippen molar-refractivity contribution in [3.05, 3.63) is 91.5 Å². The highest BCUT2D eigenvalue weighted by atomic mass is 127. The molecule has 3 aromatic carbocycles. The van der Waals surface area contributed by atoms with Crippen LogP contribution in [0.15, 0.2) is 66.2 Å². The van der Waals surface area contributed by atoms with E-state index in [0.717, 1.165) is 14.7 Å². The maximum Gasteiger partial charge on any atom is 0.270 e. The maximum absolute atomic E-state index is 13.3. The number of nitrogens with zero attached hydrogens (tertiary/aromatic N) is 1. The van der Waals surface area contributed by atoms with E-state index in [1.165, 1.54) is 18.1 Å². The van der Waals surface area contributed by atoms with Crippen LogP contribution in [-0.2, 0) is 16.2 Å². The zero-order valence-electron chi connectivity index (χ0n) is 18.8. The van der Waals surface area contributed by atoms with Gasteiger partial charge in [0.1, 0.15) is 12.2 Å². The second kappa shape index (κ2) is 10.8. The first kappa shape index (κ1) is 25.2. The summed E-state index contributed by atoms with van der Waals surface area (Å²) in [6, 6.07) is 18.3. The molecule has 1 aliphatic rings. The van der Waals surface area contributed by atoms with Crippen LogP contribution in [0.3, 0.4) is 0 Å². The molecule has 0 bridgehead atoms. The Morgan fingerprint density at radius 1 is 1.11 bits per heavy atom. The van der Waals surface area contributed by atoms with Crippen molar-refractivity contribution >= 4 is 75.1 Å². The first-order chi connectivity index (χ1) is 16.8. The van der Waals surface area contributed by atoms with Gasteiger partial charge in [-0.1, -0.05) is 47.5 Å². The van der Waals surface area contributed by atoms with Crippen molar-refractivity contribution in [2.24, 2.45) is 0 Å². The molecule has 1 aliphatic heterocycles. The Hall–Kier alpha value is -2.95. The molecule has 0 atom stereocenters. The molecule has 0 aliphatic carbocycles. The number of thiocarbonyl (C=S) groups is 1. The van der Waals surface area contributed by atoms with E-state index in [1.807, 2.05) is 43.3 Å². The summed E-state index contributed by atoms with van der Waals surface area (Å²) in [6.07, 6.45) is 1.52. The van der Waals surface area contributed by atoms with Crippen molar-refractivity contribution in [2.45, 2.75) is 13.5 Å². The monoisotopic (exact) mass is 618 g/mol. The fourth-order valence-electron chi connectivity index (χ4n) is 3.48. The summed E-state index contributed by atoms with van der Waals surface area (Å²) in [4.78, 5) is 27.2. The molecule has 0 aromatic heterocycles. The van der Waals surface area contributed by atoms with E-state index in [4.69, 9.17) is 33.3 Å². The van der Waals surface area contributed by atoms with Gasteiger partial charge in [-0.3, -0.25) is 19.8 Å². The average Bonchev–Trinajstić information content (AvgIpc) is 2.83. The number of nitrogens with one attached hydrogen (secondary N) is 1. The van der Waals surface area contributed by atoms with Gasteiger partial charge in [0.15, 0.2) is 16.6 Å². The molecule has 35 heavy (non-hydrogen) atoms. The van der Waals surface area contributed by atoms with Crippen LogP contribution in [0.25, 0.3) is 6.08 Å². The maximum atomic E-state index is 13.3. The molecule has 0 radical (unpaired) electrons. The van der Waals surface area contributed by atoms with E-state index in [2.05, 4.69) is 27.9 Å². The summed E-state index contributed by atoms with van der Waals surface area (Å²) < 4.78 is 12.3. The third-order valence-electron chi connectivity index (χ3n) is 5.29. The molecule has 1 N–H and O–H groups in total. The van der Waals surface area contributed by atoms with Crippen molar-refractivity contribution in [3.8, 4) is 11.5 Å². The van der Waals surface area contributed by atoms with E-state index >= 15 is 0 Å². The fraction of sp³-hybridized carbons (Fsp3) is 0.115. The minimum absolute atomic E-state index is 0.0384. The van der Waals surface area contributed by atoms with E-state index in [9.17, 15) is 9.59 Å². The first-order valence-electron chi connectivity index (χ1n) is 10.5. The first-order valence-corrected chi connectivity index (χ1v) is 12.4. The van der Waals surface area contributed by atoms with Gasteiger partial charge in [0.05, 0.1) is 16.4 Å². The van der Waals surface area contributed by atoms with E-state index in [-0.39, 0.29) is 17.3 Å². The van der Waals surface area contributed by atoms with Crippen LogP contribution in [0.4, 0.5) is 5.69 Å². The number of aryl methyl sites for hydroxylation is 1. The second-order valence-electron chi connectivity index (χ2n) is 7.71. The van der Waals surface area contributed by atoms with Crippen LogP contribution in [0.5, 0.6) is 11.5 Å². The number of halogens is 2. The summed E-state index contributed by atoms with van der Waals surface area (Å²) in [5, 5.41) is 3.25. The minimum Gasteiger partial charge on any atom is -0.493 e. The molecule has 1 fully saturated rings. The van der Waals surface area contributed by atoms with Gasteiger partial charge in [0.2, 0.25) is 0 Å². The van der Waals surface area contributed by atoms with Gasteiger partial charge in [-0.15, -0.1) is 0 Å². The number of anilines is 1.